The molecular weight excluding hydrogens is 270 g/mol. The van der Waals surface area contributed by atoms with Crippen molar-refractivity contribution in [3.8, 4) is 0 Å². The molecule has 3 nitrogen and oxygen atoms in total. The first kappa shape index (κ1) is 15.3. The Morgan fingerprint density at radius 1 is 1.56 bits per heavy atom. The summed E-state index contributed by atoms with van der Waals surface area (Å²) in [5.41, 5.74) is 0.451. The first-order valence-corrected chi connectivity index (χ1v) is 7.48. The molecule has 2 N–H and O–H groups in total. The first-order chi connectivity index (χ1) is 8.58. The smallest absolute Gasteiger partial charge is 0.252 e. The van der Waals surface area contributed by atoms with Crippen LogP contribution in [-0.2, 0) is 0 Å². The summed E-state index contributed by atoms with van der Waals surface area (Å²) in [7, 11) is 0. The van der Waals surface area contributed by atoms with E-state index >= 15 is 0 Å². The monoisotopic (exact) mass is 287 g/mol. The van der Waals surface area contributed by atoms with Crippen molar-refractivity contribution in [1.29, 1.82) is 0 Å². The summed E-state index contributed by atoms with van der Waals surface area (Å²) in [4.78, 5) is 12.9. The minimum absolute atomic E-state index is 0.244. The summed E-state index contributed by atoms with van der Waals surface area (Å²) in [6.07, 6.45) is 3.01. The van der Waals surface area contributed by atoms with Gasteiger partial charge in [-0.25, -0.2) is 0 Å². The van der Waals surface area contributed by atoms with E-state index in [1.807, 2.05) is 19.2 Å². The summed E-state index contributed by atoms with van der Waals surface area (Å²) in [6, 6.07) is 5.34. The van der Waals surface area contributed by atoms with Gasteiger partial charge in [-0.1, -0.05) is 24.9 Å². The van der Waals surface area contributed by atoms with Crippen molar-refractivity contribution in [2.45, 2.75) is 30.8 Å². The Kier molecular flexibility index (Phi) is 6.54. The van der Waals surface area contributed by atoms with Crippen molar-refractivity contribution in [1.82, 2.24) is 5.32 Å². The van der Waals surface area contributed by atoms with Gasteiger partial charge in [-0.3, -0.25) is 4.79 Å². The van der Waals surface area contributed by atoms with E-state index in [0.29, 0.717) is 17.0 Å². The van der Waals surface area contributed by atoms with Crippen LogP contribution in [0.1, 0.15) is 30.1 Å². The number of carbonyl (C=O) groups is 1. The van der Waals surface area contributed by atoms with Gasteiger partial charge in [0, 0.05) is 11.4 Å². The highest BCUT2D eigenvalue weighted by Gasteiger charge is 2.12. The van der Waals surface area contributed by atoms with Crippen LogP contribution >= 0.6 is 23.4 Å². The lowest BCUT2D eigenvalue weighted by Crippen LogP contribution is -2.32. The molecule has 0 spiro atoms. The molecule has 18 heavy (non-hydrogen) atoms. The van der Waals surface area contributed by atoms with Gasteiger partial charge in [0.05, 0.1) is 16.7 Å². The first-order valence-electron chi connectivity index (χ1n) is 5.88. The van der Waals surface area contributed by atoms with Crippen LogP contribution in [0.2, 0.25) is 5.02 Å². The van der Waals surface area contributed by atoms with Crippen LogP contribution in [0, 0.1) is 0 Å². The fourth-order valence-corrected chi connectivity index (χ4v) is 2.19. The normalized spacial score (nSPS) is 12.2. The SMILES string of the molecule is CCCC(O)CNC(=O)c1cc(SC)ccc1Cl. The van der Waals surface area contributed by atoms with Crippen LogP contribution in [0.5, 0.6) is 0 Å². The van der Waals surface area contributed by atoms with Crippen LogP contribution in [-0.4, -0.2) is 29.9 Å². The maximum Gasteiger partial charge on any atom is 0.252 e. The van der Waals surface area contributed by atoms with E-state index in [-0.39, 0.29) is 12.5 Å². The van der Waals surface area contributed by atoms with Crippen LogP contribution in [0.3, 0.4) is 0 Å². The average molecular weight is 288 g/mol. The standard InChI is InChI=1S/C13H18ClNO2S/c1-3-4-9(16)8-15-13(17)11-7-10(18-2)5-6-12(11)14/h5-7,9,16H,3-4,8H2,1-2H3,(H,15,17). The van der Waals surface area contributed by atoms with E-state index in [4.69, 9.17) is 11.6 Å². The predicted octanol–water partition coefficient (Wildman–Crippen LogP) is 2.95. The van der Waals surface area contributed by atoms with Crippen LogP contribution in [0.25, 0.3) is 0 Å². The summed E-state index contributed by atoms with van der Waals surface area (Å²) in [6.45, 7) is 2.25. The lowest BCUT2D eigenvalue weighted by atomic mass is 10.2. The number of carbonyl (C=O) groups excluding carboxylic acids is 1. The molecule has 1 atom stereocenters. The van der Waals surface area contributed by atoms with Crippen molar-refractivity contribution < 1.29 is 9.90 Å². The zero-order valence-electron chi connectivity index (χ0n) is 10.6. The second-order valence-electron chi connectivity index (χ2n) is 4.00. The molecule has 1 aromatic rings. The lowest BCUT2D eigenvalue weighted by Gasteiger charge is -2.12. The Balaban J connectivity index is 2.66. The number of rotatable bonds is 6. The molecule has 0 fully saturated rings. The van der Waals surface area contributed by atoms with E-state index in [1.54, 1.807) is 23.9 Å². The molecule has 1 unspecified atom stereocenters. The molecule has 0 aliphatic rings. The lowest BCUT2D eigenvalue weighted by molar-refractivity contribution is 0.0910. The zero-order chi connectivity index (χ0) is 13.5. The summed E-state index contributed by atoms with van der Waals surface area (Å²) in [5, 5.41) is 12.7. The molecule has 0 bridgehead atoms. The number of benzene rings is 1. The van der Waals surface area contributed by atoms with Crippen LogP contribution in [0.4, 0.5) is 0 Å². The summed E-state index contributed by atoms with van der Waals surface area (Å²) < 4.78 is 0. The van der Waals surface area contributed by atoms with Crippen LogP contribution < -0.4 is 5.32 Å². The van der Waals surface area contributed by atoms with E-state index in [1.165, 1.54) is 0 Å². The molecular formula is C13H18ClNO2S. The number of halogens is 1. The number of nitrogens with one attached hydrogen (secondary N) is 1. The highest BCUT2D eigenvalue weighted by molar-refractivity contribution is 7.98. The number of aliphatic hydroxyl groups excluding tert-OH is 1. The van der Waals surface area contributed by atoms with Gasteiger partial charge in [-0.05, 0) is 30.9 Å². The van der Waals surface area contributed by atoms with Crippen molar-refractivity contribution in [3.63, 3.8) is 0 Å². The predicted molar refractivity (Wildman–Crippen MR) is 76.5 cm³/mol. The Morgan fingerprint density at radius 2 is 2.28 bits per heavy atom. The average Bonchev–Trinajstić information content (AvgIpc) is 2.37. The van der Waals surface area contributed by atoms with Crippen LogP contribution in [0.15, 0.2) is 23.1 Å². The molecule has 0 radical (unpaired) electrons. The number of hydrogen-bond donors (Lipinski definition) is 2. The number of thioether (sulfide) groups is 1. The largest absolute Gasteiger partial charge is 0.391 e. The summed E-state index contributed by atoms with van der Waals surface area (Å²) in [5.74, 6) is -0.244. The highest BCUT2D eigenvalue weighted by Crippen LogP contribution is 2.22. The van der Waals surface area contributed by atoms with E-state index in [9.17, 15) is 9.90 Å². The molecule has 1 rings (SSSR count). The molecule has 5 heteroatoms. The second-order valence-corrected chi connectivity index (χ2v) is 5.29. The number of aliphatic hydroxyl groups is 1. The molecule has 1 aromatic carbocycles. The molecule has 1 amide bonds. The van der Waals surface area contributed by atoms with Gasteiger partial charge in [0.25, 0.3) is 5.91 Å². The molecule has 0 aliphatic carbocycles. The molecule has 0 saturated heterocycles. The quantitative estimate of drug-likeness (QED) is 0.791. The van der Waals surface area contributed by atoms with Gasteiger partial charge < -0.3 is 10.4 Å². The fraction of sp³-hybridized carbons (Fsp3) is 0.462. The van der Waals surface area contributed by atoms with Crippen molar-refractivity contribution in [3.05, 3.63) is 28.8 Å². The Labute approximate surface area is 117 Å². The van der Waals surface area contributed by atoms with E-state index in [2.05, 4.69) is 5.32 Å². The van der Waals surface area contributed by atoms with Crippen molar-refractivity contribution in [2.24, 2.45) is 0 Å². The number of amides is 1. The molecule has 0 saturated carbocycles. The van der Waals surface area contributed by atoms with Crippen molar-refractivity contribution in [2.75, 3.05) is 12.8 Å². The minimum atomic E-state index is -0.499. The van der Waals surface area contributed by atoms with E-state index in [0.717, 1.165) is 11.3 Å². The minimum Gasteiger partial charge on any atom is -0.391 e. The molecule has 0 aliphatic heterocycles. The Morgan fingerprint density at radius 3 is 2.89 bits per heavy atom. The van der Waals surface area contributed by atoms with Gasteiger partial charge in [0.15, 0.2) is 0 Å². The third kappa shape index (κ3) is 4.52. The third-order valence-corrected chi connectivity index (χ3v) is 3.59. The maximum atomic E-state index is 11.9. The molecule has 0 heterocycles. The highest BCUT2D eigenvalue weighted by atomic mass is 35.5. The topological polar surface area (TPSA) is 49.3 Å². The second kappa shape index (κ2) is 7.67. The van der Waals surface area contributed by atoms with Gasteiger partial charge >= 0.3 is 0 Å². The molecule has 100 valence electrons. The van der Waals surface area contributed by atoms with Gasteiger partial charge in [-0.15, -0.1) is 11.8 Å². The van der Waals surface area contributed by atoms with Crippen molar-refractivity contribution >= 4 is 29.3 Å². The Bertz CT molecular complexity index is 412. The maximum absolute atomic E-state index is 11.9. The molecule has 0 aromatic heterocycles. The Hall–Kier alpha value is -0.710. The van der Waals surface area contributed by atoms with Gasteiger partial charge in [0.1, 0.15) is 0 Å². The van der Waals surface area contributed by atoms with E-state index < -0.39 is 6.10 Å². The van der Waals surface area contributed by atoms with Gasteiger partial charge in [0.2, 0.25) is 0 Å². The summed E-state index contributed by atoms with van der Waals surface area (Å²) >= 11 is 7.55. The fourth-order valence-electron chi connectivity index (χ4n) is 1.55. The third-order valence-electron chi connectivity index (χ3n) is 2.54. The number of hydrogen-bond acceptors (Lipinski definition) is 3. The van der Waals surface area contributed by atoms with Gasteiger partial charge in [-0.2, -0.15) is 0 Å². The zero-order valence-corrected chi connectivity index (χ0v) is 12.1.